The van der Waals surface area contributed by atoms with E-state index in [4.69, 9.17) is 4.99 Å². The first-order valence-electron chi connectivity index (χ1n) is 12.8. The maximum Gasteiger partial charge on any atom is 0.124 e. The Balaban J connectivity index is 2.13. The lowest BCUT2D eigenvalue weighted by atomic mass is 9.79. The molecule has 0 fully saturated rings. The van der Waals surface area contributed by atoms with E-state index in [0.717, 1.165) is 16.8 Å². The van der Waals surface area contributed by atoms with Crippen LogP contribution < -0.4 is 0 Å². The number of benzene rings is 3. The third-order valence-electron chi connectivity index (χ3n) is 6.70. The number of nitrogens with zero attached hydrogens (tertiary/aromatic N) is 1. The van der Waals surface area contributed by atoms with Gasteiger partial charge in [0.25, 0.3) is 0 Å². The molecule has 0 spiro atoms. The molecule has 0 atom stereocenters. The number of hydrogen-bond acceptors (Lipinski definition) is 2. The van der Waals surface area contributed by atoms with Crippen molar-refractivity contribution in [1.82, 2.24) is 0 Å². The van der Waals surface area contributed by atoms with Crippen LogP contribution in [0.4, 0.5) is 5.69 Å². The van der Waals surface area contributed by atoms with Crippen molar-refractivity contribution in [3.05, 3.63) is 82.4 Å². The van der Waals surface area contributed by atoms with Gasteiger partial charge in [0.15, 0.2) is 0 Å². The van der Waals surface area contributed by atoms with Gasteiger partial charge >= 0.3 is 0 Å². The Morgan fingerprint density at radius 2 is 1.20 bits per heavy atom. The van der Waals surface area contributed by atoms with Gasteiger partial charge in [0.05, 0.1) is 5.69 Å². The van der Waals surface area contributed by atoms with Crippen LogP contribution >= 0.6 is 0 Å². The molecule has 3 rings (SSSR count). The van der Waals surface area contributed by atoms with Crippen molar-refractivity contribution >= 4 is 11.9 Å². The van der Waals surface area contributed by atoms with Crippen LogP contribution in [0.3, 0.4) is 0 Å². The zero-order valence-electron chi connectivity index (χ0n) is 23.3. The van der Waals surface area contributed by atoms with E-state index in [-0.39, 0.29) is 16.6 Å². The molecule has 1 N–H and O–H groups in total. The molecule has 0 heterocycles. The third-order valence-corrected chi connectivity index (χ3v) is 6.70. The predicted molar refractivity (Wildman–Crippen MR) is 153 cm³/mol. The minimum atomic E-state index is 0.0466. The summed E-state index contributed by atoms with van der Waals surface area (Å²) >= 11 is 0. The second-order valence-corrected chi connectivity index (χ2v) is 12.4. The molecule has 0 aromatic heterocycles. The van der Waals surface area contributed by atoms with Gasteiger partial charge < -0.3 is 5.11 Å². The highest BCUT2D eigenvalue weighted by Crippen LogP contribution is 2.37. The second kappa shape index (κ2) is 10.0. The molecule has 35 heavy (non-hydrogen) atoms. The standard InChI is InChI=1S/C33H43NO/c1-21(2)28-12-11-13-29(22(3)4)31(28)34-20-25-16-23(14-15-30(25)35)24-17-26(32(5,6)7)19-27(18-24)33(8,9)10/h11-22,35H,1-10H3/b34-20+. The van der Waals surface area contributed by atoms with Crippen molar-refractivity contribution in [2.45, 2.75) is 91.9 Å². The zero-order valence-corrected chi connectivity index (χ0v) is 23.3. The lowest BCUT2D eigenvalue weighted by Crippen LogP contribution is -2.16. The average molecular weight is 470 g/mol. The minimum absolute atomic E-state index is 0.0466. The largest absolute Gasteiger partial charge is 0.507 e. The fraction of sp³-hybridized carbons (Fsp3) is 0.424. The van der Waals surface area contributed by atoms with Crippen LogP contribution in [-0.4, -0.2) is 11.3 Å². The van der Waals surface area contributed by atoms with Gasteiger partial charge in [-0.05, 0) is 68.2 Å². The highest BCUT2D eigenvalue weighted by Gasteiger charge is 2.21. The quantitative estimate of drug-likeness (QED) is 0.371. The summed E-state index contributed by atoms with van der Waals surface area (Å²) < 4.78 is 0. The van der Waals surface area contributed by atoms with E-state index in [1.54, 1.807) is 6.07 Å². The summed E-state index contributed by atoms with van der Waals surface area (Å²) in [5, 5.41) is 10.7. The normalized spacial score (nSPS) is 12.8. The van der Waals surface area contributed by atoms with Gasteiger partial charge in [-0.3, -0.25) is 4.99 Å². The van der Waals surface area contributed by atoms with Crippen LogP contribution in [0.25, 0.3) is 11.1 Å². The molecule has 0 aliphatic carbocycles. The van der Waals surface area contributed by atoms with Crippen LogP contribution in [0.15, 0.2) is 59.6 Å². The van der Waals surface area contributed by atoms with Crippen molar-refractivity contribution in [2.75, 3.05) is 0 Å². The highest BCUT2D eigenvalue weighted by atomic mass is 16.3. The van der Waals surface area contributed by atoms with Crippen LogP contribution in [0.5, 0.6) is 5.75 Å². The molecule has 0 radical (unpaired) electrons. The minimum Gasteiger partial charge on any atom is -0.507 e. The van der Waals surface area contributed by atoms with Crippen molar-refractivity contribution in [1.29, 1.82) is 0 Å². The number of aliphatic imine (C=N–C) groups is 1. The summed E-state index contributed by atoms with van der Waals surface area (Å²) in [7, 11) is 0. The lowest BCUT2D eigenvalue weighted by molar-refractivity contribution is 0.474. The SMILES string of the molecule is CC(C)c1cccc(C(C)C)c1/N=C/c1cc(-c2cc(C(C)(C)C)cc(C(C)(C)C)c2)ccc1O. The van der Waals surface area contributed by atoms with E-state index in [2.05, 4.69) is 112 Å². The molecule has 0 saturated heterocycles. The zero-order chi connectivity index (χ0) is 26.1. The summed E-state index contributed by atoms with van der Waals surface area (Å²) in [6.45, 7) is 22.3. The van der Waals surface area contributed by atoms with Crippen molar-refractivity contribution in [3.63, 3.8) is 0 Å². The first-order valence-corrected chi connectivity index (χ1v) is 12.8. The molecule has 0 aliphatic heterocycles. The van der Waals surface area contributed by atoms with Crippen LogP contribution in [0.2, 0.25) is 0 Å². The number of aromatic hydroxyl groups is 1. The Bertz CT molecular complexity index is 1160. The predicted octanol–water partition coefficient (Wildman–Crippen LogP) is 9.65. The van der Waals surface area contributed by atoms with E-state index in [9.17, 15) is 5.11 Å². The van der Waals surface area contributed by atoms with E-state index in [1.807, 2.05) is 12.3 Å². The highest BCUT2D eigenvalue weighted by molar-refractivity contribution is 5.88. The summed E-state index contributed by atoms with van der Waals surface area (Å²) in [6, 6.07) is 19.2. The van der Waals surface area contributed by atoms with Gasteiger partial charge in [-0.15, -0.1) is 0 Å². The summed E-state index contributed by atoms with van der Waals surface area (Å²) in [6.07, 6.45) is 1.82. The molecular formula is C33H43NO. The van der Waals surface area contributed by atoms with Gasteiger partial charge in [0, 0.05) is 11.8 Å². The Kier molecular flexibility index (Phi) is 7.65. The lowest BCUT2D eigenvalue weighted by Gasteiger charge is -2.26. The molecule has 2 heteroatoms. The maximum absolute atomic E-state index is 10.7. The van der Waals surface area contributed by atoms with Crippen LogP contribution in [0.1, 0.15) is 109 Å². The summed E-state index contributed by atoms with van der Waals surface area (Å²) in [5.41, 5.74) is 9.19. The summed E-state index contributed by atoms with van der Waals surface area (Å²) in [4.78, 5) is 4.94. The average Bonchev–Trinajstić information content (AvgIpc) is 2.76. The molecular weight excluding hydrogens is 426 g/mol. The molecule has 0 unspecified atom stereocenters. The van der Waals surface area contributed by atoms with Gasteiger partial charge in [0.2, 0.25) is 0 Å². The van der Waals surface area contributed by atoms with Crippen molar-refractivity contribution < 1.29 is 5.11 Å². The van der Waals surface area contributed by atoms with Crippen LogP contribution in [-0.2, 0) is 10.8 Å². The Morgan fingerprint density at radius 1 is 0.686 bits per heavy atom. The number of phenolic OH excluding ortho intramolecular Hbond substituents is 1. The van der Waals surface area contributed by atoms with Gasteiger partial charge in [-0.1, -0.05) is 112 Å². The molecule has 3 aromatic rings. The monoisotopic (exact) mass is 469 g/mol. The van der Waals surface area contributed by atoms with Gasteiger partial charge in [0.1, 0.15) is 5.75 Å². The number of hydrogen-bond donors (Lipinski definition) is 1. The topological polar surface area (TPSA) is 32.6 Å². The van der Waals surface area contributed by atoms with Crippen LogP contribution in [0, 0.1) is 0 Å². The summed E-state index contributed by atoms with van der Waals surface area (Å²) in [5.74, 6) is 0.988. The van der Waals surface area contributed by atoms with Gasteiger partial charge in [-0.2, -0.15) is 0 Å². The van der Waals surface area contributed by atoms with Crippen molar-refractivity contribution in [2.24, 2.45) is 4.99 Å². The fourth-order valence-corrected chi connectivity index (χ4v) is 4.29. The molecule has 0 bridgehead atoms. The van der Waals surface area contributed by atoms with E-state index < -0.39 is 0 Å². The third kappa shape index (κ3) is 6.23. The maximum atomic E-state index is 10.7. The Morgan fingerprint density at radius 3 is 1.66 bits per heavy atom. The second-order valence-electron chi connectivity index (χ2n) is 12.4. The first-order chi connectivity index (χ1) is 16.2. The molecule has 2 nitrogen and oxygen atoms in total. The van der Waals surface area contributed by atoms with Crippen molar-refractivity contribution in [3.8, 4) is 16.9 Å². The Labute approximate surface area is 213 Å². The van der Waals surface area contributed by atoms with E-state index in [0.29, 0.717) is 11.8 Å². The molecule has 0 saturated carbocycles. The van der Waals surface area contributed by atoms with Gasteiger partial charge in [-0.25, -0.2) is 0 Å². The number of phenols is 1. The molecule has 0 amide bonds. The number of rotatable bonds is 5. The smallest absolute Gasteiger partial charge is 0.124 e. The Hall–Kier alpha value is -2.87. The molecule has 186 valence electrons. The molecule has 0 aliphatic rings. The molecule has 3 aromatic carbocycles. The van der Waals surface area contributed by atoms with E-state index in [1.165, 1.54) is 27.8 Å². The fourth-order valence-electron chi connectivity index (χ4n) is 4.29. The number of para-hydroxylation sites is 1. The first kappa shape index (κ1) is 26.7. The van der Waals surface area contributed by atoms with E-state index >= 15 is 0 Å².